The highest BCUT2D eigenvalue weighted by Crippen LogP contribution is 2.53. The van der Waals surface area contributed by atoms with E-state index in [4.69, 9.17) is 4.74 Å². The maximum absolute atomic E-state index is 12.6. The molecular formula is C36H42N4O4. The third kappa shape index (κ3) is 7.84. The molecular weight excluding hydrogens is 552 g/mol. The van der Waals surface area contributed by atoms with Crippen LogP contribution in [0.4, 0.5) is 0 Å². The van der Waals surface area contributed by atoms with E-state index < -0.39 is 0 Å². The summed E-state index contributed by atoms with van der Waals surface area (Å²) in [5, 5.41) is 9.06. The molecule has 7 rings (SSSR count). The summed E-state index contributed by atoms with van der Waals surface area (Å²) in [6.07, 6.45) is 8.89. The molecule has 0 atom stereocenters. The lowest BCUT2D eigenvalue weighted by atomic mass is 9.54. The van der Waals surface area contributed by atoms with Gasteiger partial charge in [-0.2, -0.15) is 0 Å². The van der Waals surface area contributed by atoms with Crippen molar-refractivity contribution >= 4 is 17.7 Å². The molecule has 4 fully saturated rings. The van der Waals surface area contributed by atoms with Gasteiger partial charge in [0.1, 0.15) is 12.4 Å². The normalized spacial score (nSPS) is 23.1. The van der Waals surface area contributed by atoms with Crippen LogP contribution in [0.15, 0.2) is 72.9 Å². The van der Waals surface area contributed by atoms with Crippen molar-refractivity contribution in [2.75, 3.05) is 13.2 Å². The molecule has 8 heteroatoms. The molecule has 230 valence electrons. The Bertz CT molecular complexity index is 1400. The van der Waals surface area contributed by atoms with Gasteiger partial charge in [0.05, 0.1) is 13.0 Å². The summed E-state index contributed by atoms with van der Waals surface area (Å²) in [5.41, 5.74) is 3.71. The average Bonchev–Trinajstić information content (AvgIpc) is 3.04. The number of nitrogens with zero attached hydrogens (tertiary/aromatic N) is 1. The minimum absolute atomic E-state index is 0.00290. The first-order valence-corrected chi connectivity index (χ1v) is 16.0. The van der Waals surface area contributed by atoms with Crippen LogP contribution in [0.5, 0.6) is 5.75 Å². The number of carbonyl (C=O) groups excluding carboxylic acids is 3. The van der Waals surface area contributed by atoms with Crippen LogP contribution < -0.4 is 20.7 Å². The molecule has 0 spiro atoms. The van der Waals surface area contributed by atoms with Crippen LogP contribution in [-0.2, 0) is 27.3 Å². The van der Waals surface area contributed by atoms with Gasteiger partial charge in [0.15, 0.2) is 0 Å². The van der Waals surface area contributed by atoms with Crippen molar-refractivity contribution in [2.45, 2.75) is 64.0 Å². The Kier molecular flexibility index (Phi) is 9.54. The molecule has 0 saturated heterocycles. The van der Waals surface area contributed by atoms with Crippen LogP contribution >= 0.6 is 0 Å². The van der Waals surface area contributed by atoms with Gasteiger partial charge < -0.3 is 20.7 Å². The molecule has 8 nitrogen and oxygen atoms in total. The van der Waals surface area contributed by atoms with Crippen LogP contribution in [0.25, 0.3) is 11.1 Å². The van der Waals surface area contributed by atoms with Crippen LogP contribution in [0, 0.1) is 23.7 Å². The largest absolute Gasteiger partial charge is 0.492 e. The Morgan fingerprint density at radius 3 is 2.09 bits per heavy atom. The Labute approximate surface area is 259 Å². The molecule has 0 unspecified atom stereocenters. The second-order valence-corrected chi connectivity index (χ2v) is 12.7. The number of amides is 3. The average molecular weight is 595 g/mol. The second-order valence-electron chi connectivity index (χ2n) is 12.7. The van der Waals surface area contributed by atoms with E-state index in [0.717, 1.165) is 28.5 Å². The molecule has 3 N–H and O–H groups in total. The maximum Gasteiger partial charge on any atom is 0.226 e. The number of hydrogen-bond donors (Lipinski definition) is 3. The summed E-state index contributed by atoms with van der Waals surface area (Å²) < 4.78 is 5.79. The maximum atomic E-state index is 12.6. The number of benzene rings is 2. The molecule has 4 saturated carbocycles. The first-order valence-electron chi connectivity index (χ1n) is 16.0. The topological polar surface area (TPSA) is 109 Å². The number of pyridine rings is 1. The van der Waals surface area contributed by atoms with Crippen molar-refractivity contribution in [1.29, 1.82) is 0 Å². The molecule has 4 aliphatic rings. The molecule has 3 aromatic rings. The summed E-state index contributed by atoms with van der Waals surface area (Å²) >= 11 is 0. The minimum atomic E-state index is -0.131. The van der Waals surface area contributed by atoms with Crippen LogP contribution in [-0.4, -0.2) is 41.9 Å². The zero-order valence-electron chi connectivity index (χ0n) is 25.2. The zero-order valence-corrected chi connectivity index (χ0v) is 25.2. The first kappa shape index (κ1) is 29.9. The second kappa shape index (κ2) is 14.1. The number of hydrogen-bond acceptors (Lipinski definition) is 5. The summed E-state index contributed by atoms with van der Waals surface area (Å²) in [7, 11) is 0. The zero-order chi connectivity index (χ0) is 30.3. The van der Waals surface area contributed by atoms with Gasteiger partial charge in [-0.25, -0.2) is 0 Å². The molecule has 4 bridgehead atoms. The fourth-order valence-corrected chi connectivity index (χ4v) is 7.56. The Morgan fingerprint density at radius 2 is 1.41 bits per heavy atom. The van der Waals surface area contributed by atoms with E-state index in [-0.39, 0.29) is 37.0 Å². The lowest BCUT2D eigenvalue weighted by Gasteiger charge is -2.54. The van der Waals surface area contributed by atoms with Crippen LogP contribution in [0.3, 0.4) is 0 Å². The minimum Gasteiger partial charge on any atom is -0.492 e. The van der Waals surface area contributed by atoms with Gasteiger partial charge in [-0.05, 0) is 85.1 Å². The number of ether oxygens (including phenoxy) is 1. The number of rotatable bonds is 13. The summed E-state index contributed by atoms with van der Waals surface area (Å²) in [5.74, 6) is 3.55. The highest BCUT2D eigenvalue weighted by atomic mass is 16.5. The monoisotopic (exact) mass is 594 g/mol. The fourth-order valence-electron chi connectivity index (χ4n) is 7.56. The molecule has 4 aliphatic carbocycles. The van der Waals surface area contributed by atoms with E-state index in [1.807, 2.05) is 66.7 Å². The van der Waals surface area contributed by atoms with Crippen molar-refractivity contribution in [2.24, 2.45) is 23.7 Å². The van der Waals surface area contributed by atoms with Crippen molar-refractivity contribution in [1.82, 2.24) is 20.9 Å². The van der Waals surface area contributed by atoms with Gasteiger partial charge in [-0.15, -0.1) is 0 Å². The van der Waals surface area contributed by atoms with Crippen molar-refractivity contribution in [3.8, 4) is 16.9 Å². The molecule has 1 aromatic heterocycles. The third-order valence-electron chi connectivity index (χ3n) is 9.51. The smallest absolute Gasteiger partial charge is 0.226 e. The van der Waals surface area contributed by atoms with Gasteiger partial charge in [0.2, 0.25) is 17.7 Å². The lowest BCUT2D eigenvalue weighted by molar-refractivity contribution is -0.128. The Morgan fingerprint density at radius 1 is 0.727 bits per heavy atom. The first-order chi connectivity index (χ1) is 21.5. The lowest BCUT2D eigenvalue weighted by Crippen LogP contribution is -2.55. The highest BCUT2D eigenvalue weighted by molar-refractivity contribution is 5.84. The van der Waals surface area contributed by atoms with E-state index in [9.17, 15) is 14.4 Å². The van der Waals surface area contributed by atoms with Crippen molar-refractivity contribution < 1.29 is 19.1 Å². The summed E-state index contributed by atoms with van der Waals surface area (Å²) in [4.78, 5) is 41.6. The number of carbonyl (C=O) groups is 3. The van der Waals surface area contributed by atoms with Gasteiger partial charge in [-0.3, -0.25) is 19.4 Å². The quantitative estimate of drug-likeness (QED) is 0.246. The molecule has 1 heterocycles. The SMILES string of the molecule is O=C(CCC(=O)NC1C2CC3CC(C2)CC1C3)NCCOc1ccc(-c2ccc(CC(=O)NCc3ccccc3)nc2)cc1. The van der Waals surface area contributed by atoms with Gasteiger partial charge in [0.25, 0.3) is 0 Å². The van der Waals surface area contributed by atoms with Crippen molar-refractivity contribution in [3.05, 3.63) is 84.2 Å². The molecule has 3 amide bonds. The summed E-state index contributed by atoms with van der Waals surface area (Å²) in [6.45, 7) is 1.22. The third-order valence-corrected chi connectivity index (χ3v) is 9.51. The Balaban J connectivity index is 0.858. The fraction of sp³-hybridized carbons (Fsp3) is 0.444. The van der Waals surface area contributed by atoms with E-state index in [1.165, 1.54) is 32.1 Å². The Hall–Kier alpha value is -4.20. The predicted octanol–water partition coefficient (Wildman–Crippen LogP) is 4.82. The van der Waals surface area contributed by atoms with Crippen LogP contribution in [0.1, 0.15) is 56.2 Å². The van der Waals surface area contributed by atoms with Gasteiger partial charge >= 0.3 is 0 Å². The predicted molar refractivity (Wildman–Crippen MR) is 168 cm³/mol. The van der Waals surface area contributed by atoms with Gasteiger partial charge in [-0.1, -0.05) is 48.5 Å². The highest BCUT2D eigenvalue weighted by Gasteiger charge is 2.48. The number of aromatic nitrogens is 1. The molecule has 44 heavy (non-hydrogen) atoms. The molecule has 2 aromatic carbocycles. The van der Waals surface area contributed by atoms with E-state index in [2.05, 4.69) is 20.9 Å². The van der Waals surface area contributed by atoms with E-state index >= 15 is 0 Å². The van der Waals surface area contributed by atoms with Gasteiger partial charge in [0, 0.05) is 42.9 Å². The standard InChI is InChI=1S/C36H42N4O4/c41-33(12-13-34(42)40-36-29-17-25-16-26(19-29)20-30(36)18-25)37-14-15-44-32-10-7-27(8-11-32)28-6-9-31(38-23-28)21-35(43)39-22-24-4-2-1-3-5-24/h1-11,23,25-26,29-30,36H,12-22H2,(H,37,41)(H,39,43)(H,40,42). The van der Waals surface area contributed by atoms with Crippen LogP contribution in [0.2, 0.25) is 0 Å². The van der Waals surface area contributed by atoms with E-state index in [0.29, 0.717) is 49.0 Å². The van der Waals surface area contributed by atoms with E-state index in [1.54, 1.807) is 6.20 Å². The molecule has 0 aliphatic heterocycles. The summed E-state index contributed by atoms with van der Waals surface area (Å²) in [6, 6.07) is 21.7. The van der Waals surface area contributed by atoms with Crippen molar-refractivity contribution in [3.63, 3.8) is 0 Å². The number of nitrogens with one attached hydrogen (secondary N) is 3. The molecule has 0 radical (unpaired) electrons.